The summed E-state index contributed by atoms with van der Waals surface area (Å²) >= 11 is 0. The fourth-order valence-electron chi connectivity index (χ4n) is 2.76. The molecular weight excluding hydrogens is 340 g/mol. The van der Waals surface area contributed by atoms with Crippen molar-refractivity contribution in [1.82, 2.24) is 15.8 Å². The molecule has 1 aromatic heterocycles. The van der Waals surface area contributed by atoms with Gasteiger partial charge in [0.15, 0.2) is 5.96 Å². The number of nitrogens with one attached hydrogen (secondary N) is 2. The number of benzene rings is 1. The number of aryl methyl sites for hydroxylation is 2. The van der Waals surface area contributed by atoms with Gasteiger partial charge < -0.3 is 19.9 Å². The minimum absolute atomic E-state index is 0.353. The van der Waals surface area contributed by atoms with Gasteiger partial charge in [-0.05, 0) is 38.7 Å². The van der Waals surface area contributed by atoms with Gasteiger partial charge in [-0.3, -0.25) is 4.99 Å². The smallest absolute Gasteiger partial charge is 0.191 e. The molecule has 0 radical (unpaired) electrons. The molecule has 27 heavy (non-hydrogen) atoms. The lowest BCUT2D eigenvalue weighted by Crippen LogP contribution is -2.38. The Kier molecular flexibility index (Phi) is 8.84. The number of aromatic nitrogens is 1. The predicted molar refractivity (Wildman–Crippen MR) is 109 cm³/mol. The first-order chi connectivity index (χ1) is 13.1. The van der Waals surface area contributed by atoms with Gasteiger partial charge in [0.1, 0.15) is 5.76 Å². The van der Waals surface area contributed by atoms with Crippen molar-refractivity contribution < 1.29 is 9.26 Å². The van der Waals surface area contributed by atoms with E-state index in [1.54, 1.807) is 0 Å². The first-order valence-electron chi connectivity index (χ1n) is 9.65. The molecule has 1 unspecified atom stereocenters. The number of ether oxygens (including phenoxy) is 1. The van der Waals surface area contributed by atoms with Crippen LogP contribution in [0.25, 0.3) is 0 Å². The van der Waals surface area contributed by atoms with E-state index in [0.29, 0.717) is 19.1 Å². The number of nitrogens with zero attached hydrogens (tertiary/aromatic N) is 2. The maximum atomic E-state index is 5.80. The lowest BCUT2D eigenvalue weighted by molar-refractivity contribution is 0.0945. The quantitative estimate of drug-likeness (QED) is 0.495. The second-order valence-corrected chi connectivity index (χ2v) is 6.81. The summed E-state index contributed by atoms with van der Waals surface area (Å²) in [5, 5.41) is 10.7. The topological polar surface area (TPSA) is 71.7 Å². The molecule has 6 heteroatoms. The summed E-state index contributed by atoms with van der Waals surface area (Å²) in [4.78, 5) is 4.68. The Morgan fingerprint density at radius 1 is 1.22 bits per heavy atom. The van der Waals surface area contributed by atoms with Gasteiger partial charge in [0.25, 0.3) is 0 Å². The van der Waals surface area contributed by atoms with E-state index < -0.39 is 0 Å². The second-order valence-electron chi connectivity index (χ2n) is 6.81. The summed E-state index contributed by atoms with van der Waals surface area (Å²) in [6, 6.07) is 10.2. The number of rotatable bonds is 10. The maximum Gasteiger partial charge on any atom is 0.191 e. The molecule has 0 amide bonds. The number of guanidine groups is 1. The highest BCUT2D eigenvalue weighted by molar-refractivity contribution is 5.79. The summed E-state index contributed by atoms with van der Waals surface area (Å²) in [6.07, 6.45) is 0.862. The van der Waals surface area contributed by atoms with Crippen LogP contribution < -0.4 is 10.6 Å². The van der Waals surface area contributed by atoms with E-state index in [2.05, 4.69) is 46.8 Å². The van der Waals surface area contributed by atoms with Crippen molar-refractivity contribution in [3.8, 4) is 0 Å². The minimum Gasteiger partial charge on any atom is -0.376 e. The molecule has 2 aromatic rings. The molecule has 148 valence electrons. The highest BCUT2D eigenvalue weighted by Crippen LogP contribution is 2.12. The highest BCUT2D eigenvalue weighted by atomic mass is 16.5. The zero-order chi connectivity index (χ0) is 19.5. The van der Waals surface area contributed by atoms with E-state index in [4.69, 9.17) is 9.26 Å². The molecular formula is C21H32N4O2. The van der Waals surface area contributed by atoms with Gasteiger partial charge in [-0.25, -0.2) is 0 Å². The van der Waals surface area contributed by atoms with Crippen molar-refractivity contribution in [2.75, 3.05) is 26.2 Å². The Bertz CT molecular complexity index is 678. The molecule has 6 nitrogen and oxygen atoms in total. The summed E-state index contributed by atoms with van der Waals surface area (Å²) < 4.78 is 11.0. The van der Waals surface area contributed by atoms with Crippen LogP contribution >= 0.6 is 0 Å². The fourth-order valence-corrected chi connectivity index (χ4v) is 2.76. The minimum atomic E-state index is 0.353. The van der Waals surface area contributed by atoms with Gasteiger partial charge >= 0.3 is 0 Å². The average Bonchev–Trinajstić information content (AvgIpc) is 2.99. The summed E-state index contributed by atoms with van der Waals surface area (Å²) in [5.74, 6) is 2.08. The van der Waals surface area contributed by atoms with Crippen molar-refractivity contribution in [3.63, 3.8) is 0 Å². The molecule has 1 atom stereocenters. The van der Waals surface area contributed by atoms with Crippen molar-refractivity contribution in [2.45, 2.75) is 40.7 Å². The molecule has 0 saturated carbocycles. The first kappa shape index (κ1) is 21.0. The van der Waals surface area contributed by atoms with E-state index in [1.165, 1.54) is 11.1 Å². The molecule has 0 fully saturated rings. The number of hydrogen-bond donors (Lipinski definition) is 2. The molecule has 0 saturated heterocycles. The maximum absolute atomic E-state index is 5.80. The van der Waals surface area contributed by atoms with Crippen LogP contribution in [0.2, 0.25) is 0 Å². The Morgan fingerprint density at radius 3 is 2.67 bits per heavy atom. The van der Waals surface area contributed by atoms with Gasteiger partial charge in [-0.2, -0.15) is 0 Å². The molecule has 0 spiro atoms. The average molecular weight is 373 g/mol. The van der Waals surface area contributed by atoms with E-state index in [1.807, 2.05) is 32.0 Å². The molecule has 0 bridgehead atoms. The van der Waals surface area contributed by atoms with Crippen LogP contribution in [-0.4, -0.2) is 37.4 Å². The zero-order valence-corrected chi connectivity index (χ0v) is 16.9. The van der Waals surface area contributed by atoms with Crippen LogP contribution in [0, 0.1) is 19.8 Å². The molecule has 2 rings (SSSR count). The Balaban J connectivity index is 1.73. The summed E-state index contributed by atoms with van der Waals surface area (Å²) in [6.45, 7) is 11.8. The Morgan fingerprint density at radius 2 is 2.00 bits per heavy atom. The van der Waals surface area contributed by atoms with Crippen molar-refractivity contribution in [1.29, 1.82) is 0 Å². The normalized spacial score (nSPS) is 12.8. The fraction of sp³-hybridized carbons (Fsp3) is 0.524. The van der Waals surface area contributed by atoms with Crippen LogP contribution in [-0.2, 0) is 17.8 Å². The van der Waals surface area contributed by atoms with Gasteiger partial charge in [0.05, 0.1) is 18.9 Å². The predicted octanol–water partition coefficient (Wildman–Crippen LogP) is 3.24. The molecule has 0 aliphatic heterocycles. The third-order valence-corrected chi connectivity index (χ3v) is 4.27. The monoisotopic (exact) mass is 372 g/mol. The lowest BCUT2D eigenvalue weighted by Gasteiger charge is -2.14. The molecule has 0 aliphatic carbocycles. The summed E-state index contributed by atoms with van der Waals surface area (Å²) in [5.41, 5.74) is 3.32. The molecule has 1 aromatic carbocycles. The zero-order valence-electron chi connectivity index (χ0n) is 16.9. The largest absolute Gasteiger partial charge is 0.376 e. The second kappa shape index (κ2) is 11.4. The van der Waals surface area contributed by atoms with Crippen molar-refractivity contribution in [3.05, 3.63) is 52.9 Å². The molecule has 1 heterocycles. The Hall–Kier alpha value is -2.34. The Labute approximate surface area is 162 Å². The van der Waals surface area contributed by atoms with E-state index in [0.717, 1.165) is 43.5 Å². The van der Waals surface area contributed by atoms with E-state index in [-0.39, 0.29) is 0 Å². The SMILES string of the molecule is CCNC(=NCC(C)COCc1ccccc1)NCCc1c(C)noc1C. The van der Waals surface area contributed by atoms with Crippen molar-refractivity contribution >= 4 is 5.96 Å². The van der Waals surface area contributed by atoms with Crippen LogP contribution in [0.3, 0.4) is 0 Å². The lowest BCUT2D eigenvalue weighted by atomic mass is 10.1. The number of hydrogen-bond acceptors (Lipinski definition) is 4. The van der Waals surface area contributed by atoms with E-state index in [9.17, 15) is 0 Å². The van der Waals surface area contributed by atoms with Gasteiger partial charge in [0.2, 0.25) is 0 Å². The van der Waals surface area contributed by atoms with Gasteiger partial charge in [-0.1, -0.05) is 42.4 Å². The highest BCUT2D eigenvalue weighted by Gasteiger charge is 2.09. The van der Waals surface area contributed by atoms with Crippen LogP contribution in [0.1, 0.15) is 36.4 Å². The first-order valence-corrected chi connectivity index (χ1v) is 9.65. The van der Waals surface area contributed by atoms with Gasteiger partial charge in [0, 0.05) is 25.2 Å². The van der Waals surface area contributed by atoms with Gasteiger partial charge in [-0.15, -0.1) is 0 Å². The van der Waals surface area contributed by atoms with E-state index >= 15 is 0 Å². The molecule has 2 N–H and O–H groups in total. The number of aliphatic imine (C=N–C) groups is 1. The van der Waals surface area contributed by atoms with Crippen molar-refractivity contribution in [2.24, 2.45) is 10.9 Å². The third kappa shape index (κ3) is 7.43. The summed E-state index contributed by atoms with van der Waals surface area (Å²) in [7, 11) is 0. The third-order valence-electron chi connectivity index (χ3n) is 4.27. The van der Waals surface area contributed by atoms with Crippen LogP contribution in [0.15, 0.2) is 39.8 Å². The standard InChI is InChI=1S/C21H32N4O2/c1-5-22-21(23-12-11-20-17(3)25-27-18(20)4)24-13-16(2)14-26-15-19-9-7-6-8-10-19/h6-10,16H,5,11-15H2,1-4H3,(H2,22,23,24). The van der Waals surface area contributed by atoms with Crippen LogP contribution in [0.4, 0.5) is 0 Å². The van der Waals surface area contributed by atoms with Crippen LogP contribution in [0.5, 0.6) is 0 Å². The molecule has 0 aliphatic rings.